The molecule has 3 N–H and O–H groups in total. The van der Waals surface area contributed by atoms with Crippen LogP contribution >= 0.6 is 0 Å². The lowest BCUT2D eigenvalue weighted by Gasteiger charge is -2.30. The van der Waals surface area contributed by atoms with Crippen LogP contribution in [0.1, 0.15) is 31.7 Å². The summed E-state index contributed by atoms with van der Waals surface area (Å²) in [4.78, 5) is 14.0. The van der Waals surface area contributed by atoms with Crippen molar-refractivity contribution in [3.05, 3.63) is 23.8 Å². The van der Waals surface area contributed by atoms with E-state index >= 15 is 0 Å². The molecule has 0 unspecified atom stereocenters. The molecule has 1 aliphatic rings. The molecule has 1 aromatic rings. The summed E-state index contributed by atoms with van der Waals surface area (Å²) in [6.45, 7) is 4.29. The summed E-state index contributed by atoms with van der Waals surface area (Å²) in [7, 11) is 0. The van der Waals surface area contributed by atoms with Crippen LogP contribution in [0.5, 0.6) is 0 Å². The first kappa shape index (κ1) is 13.7. The van der Waals surface area contributed by atoms with Crippen LogP contribution in [0.3, 0.4) is 0 Å². The third kappa shape index (κ3) is 3.63. The second-order valence-corrected chi connectivity index (χ2v) is 5.12. The summed E-state index contributed by atoms with van der Waals surface area (Å²) < 4.78 is 0. The molecular weight excluding hydrogens is 238 g/mol. The fourth-order valence-corrected chi connectivity index (χ4v) is 2.49. The Morgan fingerprint density at radius 2 is 2.32 bits per heavy atom. The molecule has 19 heavy (non-hydrogen) atoms. The van der Waals surface area contributed by atoms with Gasteiger partial charge in [-0.1, -0.05) is 13.3 Å². The zero-order chi connectivity index (χ0) is 13.7. The van der Waals surface area contributed by atoms with Crippen molar-refractivity contribution in [3.63, 3.8) is 0 Å². The minimum atomic E-state index is 0.109. The smallest absolute Gasteiger partial charge is 0.239 e. The first-order chi connectivity index (χ1) is 9.20. The highest BCUT2D eigenvalue weighted by Crippen LogP contribution is 2.28. The molecule has 0 aromatic heterocycles. The van der Waals surface area contributed by atoms with Gasteiger partial charge in [-0.2, -0.15) is 0 Å². The highest BCUT2D eigenvalue weighted by Gasteiger charge is 2.18. The van der Waals surface area contributed by atoms with Crippen LogP contribution in [0.25, 0.3) is 0 Å². The van der Waals surface area contributed by atoms with Crippen LogP contribution in [0.2, 0.25) is 0 Å². The van der Waals surface area contributed by atoms with Gasteiger partial charge in [0.25, 0.3) is 0 Å². The van der Waals surface area contributed by atoms with E-state index in [0.717, 1.165) is 50.1 Å². The van der Waals surface area contributed by atoms with Gasteiger partial charge < -0.3 is 16.0 Å². The summed E-state index contributed by atoms with van der Waals surface area (Å²) in [6, 6.07) is 5.96. The molecule has 0 saturated carbocycles. The maximum atomic E-state index is 11.9. The van der Waals surface area contributed by atoms with Crippen molar-refractivity contribution in [2.45, 2.75) is 32.6 Å². The number of hydrogen-bond acceptors (Lipinski definition) is 3. The molecule has 0 bridgehead atoms. The number of rotatable bonds is 5. The maximum absolute atomic E-state index is 11.9. The van der Waals surface area contributed by atoms with E-state index in [0.29, 0.717) is 6.54 Å². The largest absolute Gasteiger partial charge is 0.399 e. The van der Waals surface area contributed by atoms with Crippen LogP contribution in [0.4, 0.5) is 11.4 Å². The third-order valence-corrected chi connectivity index (χ3v) is 3.51. The molecule has 0 atom stereocenters. The Morgan fingerprint density at radius 3 is 3.11 bits per heavy atom. The Kier molecular flexibility index (Phi) is 4.66. The summed E-state index contributed by atoms with van der Waals surface area (Å²) in [6.07, 6.45) is 4.28. The van der Waals surface area contributed by atoms with Gasteiger partial charge in [0.2, 0.25) is 5.91 Å². The van der Waals surface area contributed by atoms with Crippen LogP contribution in [0, 0.1) is 0 Å². The van der Waals surface area contributed by atoms with Crippen LogP contribution in [-0.2, 0) is 11.2 Å². The first-order valence-corrected chi connectivity index (χ1v) is 7.10. The van der Waals surface area contributed by atoms with Crippen LogP contribution in [-0.4, -0.2) is 25.5 Å². The second-order valence-electron chi connectivity index (χ2n) is 5.12. The van der Waals surface area contributed by atoms with Crippen molar-refractivity contribution < 1.29 is 4.79 Å². The number of nitrogens with one attached hydrogen (secondary N) is 1. The quantitative estimate of drug-likeness (QED) is 0.629. The average molecular weight is 261 g/mol. The molecule has 1 amide bonds. The molecule has 104 valence electrons. The van der Waals surface area contributed by atoms with E-state index in [1.54, 1.807) is 0 Å². The van der Waals surface area contributed by atoms with Crippen molar-refractivity contribution in [3.8, 4) is 0 Å². The molecule has 1 heterocycles. The van der Waals surface area contributed by atoms with E-state index in [4.69, 9.17) is 5.73 Å². The fourth-order valence-electron chi connectivity index (χ4n) is 2.49. The lowest BCUT2D eigenvalue weighted by Crippen LogP contribution is -2.40. The van der Waals surface area contributed by atoms with E-state index in [9.17, 15) is 4.79 Å². The lowest BCUT2D eigenvalue weighted by atomic mass is 10.0. The number of hydrogen-bond donors (Lipinski definition) is 2. The molecule has 2 rings (SSSR count). The minimum absolute atomic E-state index is 0.109. The molecule has 0 spiro atoms. The summed E-state index contributed by atoms with van der Waals surface area (Å²) >= 11 is 0. The number of anilines is 2. The number of nitrogen functional groups attached to an aromatic ring is 1. The molecule has 4 nitrogen and oxygen atoms in total. The Morgan fingerprint density at radius 1 is 1.47 bits per heavy atom. The Hall–Kier alpha value is -1.71. The Bertz CT molecular complexity index is 445. The monoisotopic (exact) mass is 261 g/mol. The van der Waals surface area contributed by atoms with Gasteiger partial charge in [0.1, 0.15) is 0 Å². The van der Waals surface area contributed by atoms with Crippen molar-refractivity contribution >= 4 is 17.3 Å². The number of fused-ring (bicyclic) bond motifs is 1. The normalized spacial score (nSPS) is 14.1. The van der Waals surface area contributed by atoms with E-state index in [2.05, 4.69) is 17.1 Å². The van der Waals surface area contributed by atoms with Gasteiger partial charge in [-0.3, -0.25) is 4.79 Å². The van der Waals surface area contributed by atoms with E-state index < -0.39 is 0 Å². The summed E-state index contributed by atoms with van der Waals surface area (Å²) in [5, 5.41) is 2.97. The molecule has 0 aliphatic carbocycles. The molecule has 0 radical (unpaired) electrons. The topological polar surface area (TPSA) is 58.4 Å². The predicted molar refractivity (Wildman–Crippen MR) is 79.3 cm³/mol. The Labute approximate surface area is 115 Å². The molecule has 1 aliphatic heterocycles. The number of carbonyl (C=O) groups excluding carboxylic acids is 1. The number of unbranched alkanes of at least 4 members (excludes halogenated alkanes) is 1. The third-order valence-electron chi connectivity index (χ3n) is 3.51. The van der Waals surface area contributed by atoms with E-state index in [-0.39, 0.29) is 5.91 Å². The molecule has 4 heteroatoms. The summed E-state index contributed by atoms with van der Waals surface area (Å²) in [5.41, 5.74) is 9.03. The van der Waals surface area contributed by atoms with Gasteiger partial charge in [-0.05, 0) is 43.0 Å². The van der Waals surface area contributed by atoms with Crippen LogP contribution in [0.15, 0.2) is 18.2 Å². The van der Waals surface area contributed by atoms with Gasteiger partial charge >= 0.3 is 0 Å². The number of nitrogens with zero attached hydrogens (tertiary/aromatic N) is 1. The van der Waals surface area contributed by atoms with Crippen LogP contribution < -0.4 is 16.0 Å². The van der Waals surface area contributed by atoms with Gasteiger partial charge in [0.15, 0.2) is 0 Å². The van der Waals surface area contributed by atoms with Crippen molar-refractivity contribution in [2.75, 3.05) is 30.3 Å². The standard InChI is InChI=1S/C15H23N3O/c1-2-3-8-17-15(19)11-18-9-4-5-12-10-13(16)6-7-14(12)18/h6-7,10H,2-5,8-9,11,16H2,1H3,(H,17,19). The number of amides is 1. The number of aryl methyl sites for hydroxylation is 1. The van der Waals surface area contributed by atoms with Gasteiger partial charge in [-0.25, -0.2) is 0 Å². The zero-order valence-electron chi connectivity index (χ0n) is 11.6. The number of nitrogens with two attached hydrogens (primary N) is 1. The Balaban J connectivity index is 1.97. The van der Waals surface area contributed by atoms with E-state index in [1.165, 1.54) is 5.56 Å². The van der Waals surface area contributed by atoms with Crippen molar-refractivity contribution in [2.24, 2.45) is 0 Å². The summed E-state index contributed by atoms with van der Waals surface area (Å²) in [5.74, 6) is 0.109. The molecular formula is C15H23N3O. The SMILES string of the molecule is CCCCNC(=O)CN1CCCc2cc(N)ccc21. The average Bonchev–Trinajstić information content (AvgIpc) is 2.39. The fraction of sp³-hybridized carbons (Fsp3) is 0.533. The highest BCUT2D eigenvalue weighted by molar-refractivity contribution is 5.82. The lowest BCUT2D eigenvalue weighted by molar-refractivity contribution is -0.119. The van der Waals surface area contributed by atoms with Crippen molar-refractivity contribution in [1.82, 2.24) is 5.32 Å². The van der Waals surface area contributed by atoms with Gasteiger partial charge in [-0.15, -0.1) is 0 Å². The minimum Gasteiger partial charge on any atom is -0.399 e. The second kappa shape index (κ2) is 6.45. The molecule has 0 fully saturated rings. The number of carbonyl (C=O) groups is 1. The van der Waals surface area contributed by atoms with Gasteiger partial charge in [0, 0.05) is 24.5 Å². The van der Waals surface area contributed by atoms with E-state index in [1.807, 2.05) is 18.2 Å². The maximum Gasteiger partial charge on any atom is 0.239 e. The van der Waals surface area contributed by atoms with Gasteiger partial charge in [0.05, 0.1) is 6.54 Å². The van der Waals surface area contributed by atoms with Crippen molar-refractivity contribution in [1.29, 1.82) is 0 Å². The highest BCUT2D eigenvalue weighted by atomic mass is 16.2. The number of benzene rings is 1. The molecule has 0 saturated heterocycles. The predicted octanol–water partition coefficient (Wildman–Crippen LogP) is 1.94. The first-order valence-electron chi connectivity index (χ1n) is 7.10. The zero-order valence-corrected chi connectivity index (χ0v) is 11.6. The molecule has 1 aromatic carbocycles.